The van der Waals surface area contributed by atoms with Gasteiger partial charge in [0.15, 0.2) is 0 Å². The fourth-order valence-corrected chi connectivity index (χ4v) is 2.93. The summed E-state index contributed by atoms with van der Waals surface area (Å²) in [7, 11) is 1.93. The van der Waals surface area contributed by atoms with Crippen LogP contribution < -0.4 is 5.32 Å². The predicted octanol–water partition coefficient (Wildman–Crippen LogP) is 2.59. The van der Waals surface area contributed by atoms with Crippen molar-refractivity contribution in [3.8, 4) is 0 Å². The fraction of sp³-hybridized carbons (Fsp3) is 0.588. The standard InChI is InChI=1S/C17H26N2O/c1-12(2)9-13(3)19(4)17(20)16-10-14-7-5-6-8-15(14)11-18-16/h5-8,12-13,16,18H,9-11H2,1-4H3/t13?,16-/m0/s1. The Morgan fingerprint density at radius 2 is 1.95 bits per heavy atom. The van der Waals surface area contributed by atoms with Crippen molar-refractivity contribution in [2.75, 3.05) is 7.05 Å². The first kappa shape index (κ1) is 15.0. The Labute approximate surface area is 122 Å². The van der Waals surface area contributed by atoms with Crippen molar-refractivity contribution in [2.45, 2.75) is 52.2 Å². The molecule has 110 valence electrons. The summed E-state index contributed by atoms with van der Waals surface area (Å²) in [5.41, 5.74) is 2.61. The lowest BCUT2D eigenvalue weighted by Gasteiger charge is -2.32. The normalized spacial score (nSPS) is 19.6. The van der Waals surface area contributed by atoms with Crippen LogP contribution in [0.15, 0.2) is 24.3 Å². The van der Waals surface area contributed by atoms with E-state index in [0.29, 0.717) is 12.0 Å². The number of likely N-dealkylation sites (N-methyl/N-ethyl adjacent to an activating group) is 1. The van der Waals surface area contributed by atoms with E-state index in [4.69, 9.17) is 0 Å². The predicted molar refractivity (Wildman–Crippen MR) is 82.5 cm³/mol. The SMILES string of the molecule is CC(C)CC(C)N(C)C(=O)[C@@H]1Cc2ccccc2CN1. The van der Waals surface area contributed by atoms with Crippen LogP contribution in [0.2, 0.25) is 0 Å². The van der Waals surface area contributed by atoms with Gasteiger partial charge in [-0.2, -0.15) is 0 Å². The zero-order valence-corrected chi connectivity index (χ0v) is 13.0. The molecule has 3 heteroatoms. The summed E-state index contributed by atoms with van der Waals surface area (Å²) in [4.78, 5) is 14.5. The topological polar surface area (TPSA) is 32.3 Å². The molecule has 0 saturated carbocycles. The minimum atomic E-state index is -0.0792. The summed E-state index contributed by atoms with van der Waals surface area (Å²) in [5.74, 6) is 0.827. The average molecular weight is 274 g/mol. The molecule has 1 aliphatic rings. The minimum absolute atomic E-state index is 0.0792. The molecule has 2 atom stereocenters. The van der Waals surface area contributed by atoms with Crippen molar-refractivity contribution in [2.24, 2.45) is 5.92 Å². The number of amides is 1. The van der Waals surface area contributed by atoms with Crippen molar-refractivity contribution in [1.29, 1.82) is 0 Å². The Bertz CT molecular complexity index is 470. The third-order valence-electron chi connectivity index (χ3n) is 4.20. The molecular weight excluding hydrogens is 248 g/mol. The molecule has 20 heavy (non-hydrogen) atoms. The lowest BCUT2D eigenvalue weighted by atomic mass is 9.94. The summed E-state index contributed by atoms with van der Waals surface area (Å²) < 4.78 is 0. The van der Waals surface area contributed by atoms with Crippen LogP contribution in [0.1, 0.15) is 38.3 Å². The lowest BCUT2D eigenvalue weighted by Crippen LogP contribution is -2.50. The number of hydrogen-bond acceptors (Lipinski definition) is 2. The van der Waals surface area contributed by atoms with E-state index in [1.165, 1.54) is 11.1 Å². The molecule has 1 heterocycles. The maximum atomic E-state index is 12.6. The van der Waals surface area contributed by atoms with Crippen LogP contribution >= 0.6 is 0 Å². The van der Waals surface area contributed by atoms with Gasteiger partial charge in [-0.15, -0.1) is 0 Å². The molecular formula is C17H26N2O. The highest BCUT2D eigenvalue weighted by atomic mass is 16.2. The van der Waals surface area contributed by atoms with Gasteiger partial charge in [-0.25, -0.2) is 0 Å². The molecule has 1 aromatic rings. The highest BCUT2D eigenvalue weighted by Gasteiger charge is 2.28. The van der Waals surface area contributed by atoms with Crippen LogP contribution in [-0.2, 0) is 17.8 Å². The van der Waals surface area contributed by atoms with Crippen molar-refractivity contribution in [3.63, 3.8) is 0 Å². The Morgan fingerprint density at radius 1 is 1.30 bits per heavy atom. The summed E-state index contributed by atoms with van der Waals surface area (Å²) in [6.45, 7) is 7.32. The van der Waals surface area contributed by atoms with Gasteiger partial charge in [-0.1, -0.05) is 38.1 Å². The van der Waals surface area contributed by atoms with Gasteiger partial charge >= 0.3 is 0 Å². The second-order valence-corrected chi connectivity index (χ2v) is 6.33. The molecule has 2 rings (SSSR count). The number of fused-ring (bicyclic) bond motifs is 1. The van der Waals surface area contributed by atoms with E-state index in [2.05, 4.69) is 50.4 Å². The van der Waals surface area contributed by atoms with Gasteiger partial charge in [0.25, 0.3) is 0 Å². The maximum Gasteiger partial charge on any atom is 0.240 e. The number of nitrogens with zero attached hydrogens (tertiary/aromatic N) is 1. The molecule has 0 spiro atoms. The van der Waals surface area contributed by atoms with Crippen LogP contribution in [0.3, 0.4) is 0 Å². The fourth-order valence-electron chi connectivity index (χ4n) is 2.93. The number of carbonyl (C=O) groups is 1. The van der Waals surface area contributed by atoms with Crippen LogP contribution in [0, 0.1) is 5.92 Å². The van der Waals surface area contributed by atoms with Gasteiger partial charge in [0.2, 0.25) is 5.91 Å². The zero-order valence-electron chi connectivity index (χ0n) is 13.0. The van der Waals surface area contributed by atoms with Crippen LogP contribution in [0.25, 0.3) is 0 Å². The van der Waals surface area contributed by atoms with E-state index in [0.717, 1.165) is 19.4 Å². The molecule has 0 aromatic heterocycles. The molecule has 1 aliphatic heterocycles. The van der Waals surface area contributed by atoms with Crippen molar-refractivity contribution < 1.29 is 4.79 Å². The molecule has 1 aromatic carbocycles. The van der Waals surface area contributed by atoms with Crippen molar-refractivity contribution in [1.82, 2.24) is 10.2 Å². The largest absolute Gasteiger partial charge is 0.342 e. The van der Waals surface area contributed by atoms with E-state index < -0.39 is 0 Å². The van der Waals surface area contributed by atoms with Crippen LogP contribution in [-0.4, -0.2) is 29.9 Å². The van der Waals surface area contributed by atoms with Gasteiger partial charge in [-0.3, -0.25) is 4.79 Å². The Hall–Kier alpha value is -1.35. The smallest absolute Gasteiger partial charge is 0.240 e. The third-order valence-corrected chi connectivity index (χ3v) is 4.20. The third kappa shape index (κ3) is 3.40. The van der Waals surface area contributed by atoms with Crippen molar-refractivity contribution in [3.05, 3.63) is 35.4 Å². The van der Waals surface area contributed by atoms with E-state index >= 15 is 0 Å². The Kier molecular flexibility index (Phi) is 4.81. The van der Waals surface area contributed by atoms with E-state index in [9.17, 15) is 4.79 Å². The van der Waals surface area contributed by atoms with Gasteiger partial charge in [-0.05, 0) is 36.8 Å². The van der Waals surface area contributed by atoms with Gasteiger partial charge < -0.3 is 10.2 Å². The van der Waals surface area contributed by atoms with Gasteiger partial charge in [0, 0.05) is 19.6 Å². The second kappa shape index (κ2) is 6.40. The zero-order chi connectivity index (χ0) is 14.7. The number of hydrogen-bond donors (Lipinski definition) is 1. The molecule has 0 saturated heterocycles. The summed E-state index contributed by atoms with van der Waals surface area (Å²) in [5, 5.41) is 3.37. The highest BCUT2D eigenvalue weighted by molar-refractivity contribution is 5.82. The monoisotopic (exact) mass is 274 g/mol. The number of benzene rings is 1. The molecule has 1 unspecified atom stereocenters. The molecule has 1 N–H and O–H groups in total. The van der Waals surface area contributed by atoms with Gasteiger partial charge in [0.05, 0.1) is 6.04 Å². The summed E-state index contributed by atoms with van der Waals surface area (Å²) in [6.07, 6.45) is 1.85. The first-order chi connectivity index (χ1) is 9.49. The first-order valence-electron chi connectivity index (χ1n) is 7.56. The molecule has 1 amide bonds. The van der Waals surface area contributed by atoms with Gasteiger partial charge in [0.1, 0.15) is 0 Å². The van der Waals surface area contributed by atoms with E-state index in [1.54, 1.807) is 0 Å². The van der Waals surface area contributed by atoms with E-state index in [1.807, 2.05) is 11.9 Å². The number of rotatable bonds is 4. The average Bonchev–Trinajstić information content (AvgIpc) is 2.44. The molecule has 0 radical (unpaired) electrons. The Morgan fingerprint density at radius 3 is 2.60 bits per heavy atom. The molecule has 0 aliphatic carbocycles. The summed E-state index contributed by atoms with van der Waals surface area (Å²) >= 11 is 0. The number of carbonyl (C=O) groups excluding carboxylic acids is 1. The lowest BCUT2D eigenvalue weighted by molar-refractivity contribution is -0.134. The number of nitrogens with one attached hydrogen (secondary N) is 1. The minimum Gasteiger partial charge on any atom is -0.342 e. The second-order valence-electron chi connectivity index (χ2n) is 6.33. The molecule has 0 fully saturated rings. The first-order valence-corrected chi connectivity index (χ1v) is 7.56. The molecule has 0 bridgehead atoms. The summed E-state index contributed by atoms with van der Waals surface area (Å²) in [6, 6.07) is 8.59. The van der Waals surface area contributed by atoms with Crippen LogP contribution in [0.4, 0.5) is 0 Å². The molecule has 3 nitrogen and oxygen atoms in total. The highest BCUT2D eigenvalue weighted by Crippen LogP contribution is 2.18. The quantitative estimate of drug-likeness (QED) is 0.915. The Balaban J connectivity index is 2.00. The van der Waals surface area contributed by atoms with Crippen LogP contribution in [0.5, 0.6) is 0 Å². The van der Waals surface area contributed by atoms with E-state index in [-0.39, 0.29) is 11.9 Å². The van der Waals surface area contributed by atoms with Crippen molar-refractivity contribution >= 4 is 5.91 Å². The maximum absolute atomic E-state index is 12.6.